The van der Waals surface area contributed by atoms with Crippen LogP contribution >= 0.6 is 0 Å². The zero-order chi connectivity index (χ0) is 15.1. The number of hydrogen-bond acceptors (Lipinski definition) is 2. The Kier molecular flexibility index (Phi) is 3.77. The van der Waals surface area contributed by atoms with E-state index in [4.69, 9.17) is 0 Å². The molecule has 0 aliphatic carbocycles. The van der Waals surface area contributed by atoms with Crippen molar-refractivity contribution in [3.8, 4) is 0 Å². The summed E-state index contributed by atoms with van der Waals surface area (Å²) < 4.78 is 0. The summed E-state index contributed by atoms with van der Waals surface area (Å²) in [6, 6.07) is 8.36. The highest BCUT2D eigenvalue weighted by Gasteiger charge is 2.45. The van der Waals surface area contributed by atoms with Crippen LogP contribution < -0.4 is 0 Å². The molecule has 1 aliphatic rings. The first kappa shape index (κ1) is 15.2. The number of imide groups is 1. The van der Waals surface area contributed by atoms with Crippen molar-refractivity contribution in [2.45, 2.75) is 39.2 Å². The van der Waals surface area contributed by atoms with Crippen molar-refractivity contribution in [2.24, 2.45) is 0 Å². The molecule has 0 atom stereocenters. The lowest BCUT2D eigenvalue weighted by Gasteiger charge is -2.39. The number of amides is 2. The highest BCUT2D eigenvalue weighted by atomic mass is 29.3. The monoisotopic (exact) mass is 305 g/mol. The first-order valence-corrected chi connectivity index (χ1v) is 14.6. The molecule has 0 aromatic heterocycles. The van der Waals surface area contributed by atoms with Gasteiger partial charge in [-0.2, -0.15) is 0 Å². The fourth-order valence-corrected chi connectivity index (χ4v) is 9.56. The molecule has 0 spiro atoms. The third-order valence-electron chi connectivity index (χ3n) is 5.15. The lowest BCUT2D eigenvalue weighted by molar-refractivity contribution is 0.0679. The lowest BCUT2D eigenvalue weighted by Crippen LogP contribution is -2.61. The second-order valence-electron chi connectivity index (χ2n) is 6.86. The SMILES string of the molecule is CC[Si](C)(C)[Si](C)(C)CN1C(=O)c2ccccc2C1=O. The molecule has 1 heterocycles. The Morgan fingerprint density at radius 3 is 1.75 bits per heavy atom. The predicted molar refractivity (Wildman–Crippen MR) is 87.3 cm³/mol. The second-order valence-corrected chi connectivity index (χ2v) is 23.5. The molecule has 2 amide bonds. The van der Waals surface area contributed by atoms with Crippen molar-refractivity contribution < 1.29 is 9.59 Å². The molecule has 3 nitrogen and oxygen atoms in total. The normalized spacial score (nSPS) is 15.8. The zero-order valence-electron chi connectivity index (χ0n) is 13.0. The molecule has 0 radical (unpaired) electrons. The van der Waals surface area contributed by atoms with E-state index in [0.717, 1.165) is 0 Å². The standard InChI is InChI=1S/C15H23NO2Si2/c1-6-19(2,3)20(4,5)11-16-14(17)12-9-7-8-10-13(12)15(16)18/h7-10H,6,11H2,1-5H3. The molecule has 0 fully saturated rings. The largest absolute Gasteiger partial charge is 0.278 e. The van der Waals surface area contributed by atoms with Crippen LogP contribution in [0.3, 0.4) is 0 Å². The van der Waals surface area contributed by atoms with Crippen LogP contribution in [0, 0.1) is 0 Å². The number of nitrogens with zero attached hydrogens (tertiary/aromatic N) is 1. The van der Waals surface area contributed by atoms with Crippen LogP contribution in [0.5, 0.6) is 0 Å². The van der Waals surface area contributed by atoms with Crippen molar-refractivity contribution in [3.63, 3.8) is 0 Å². The number of hydrogen-bond donors (Lipinski definition) is 0. The van der Waals surface area contributed by atoms with Crippen LogP contribution in [-0.4, -0.2) is 38.1 Å². The molecule has 0 bridgehead atoms. The van der Waals surface area contributed by atoms with Gasteiger partial charge in [-0.1, -0.05) is 51.3 Å². The Hall–Kier alpha value is -1.21. The fourth-order valence-electron chi connectivity index (χ4n) is 2.47. The molecule has 108 valence electrons. The van der Waals surface area contributed by atoms with E-state index in [2.05, 4.69) is 33.1 Å². The van der Waals surface area contributed by atoms with E-state index in [1.165, 1.54) is 10.9 Å². The average molecular weight is 306 g/mol. The summed E-state index contributed by atoms with van der Waals surface area (Å²) in [6.45, 7) is 11.7. The van der Waals surface area contributed by atoms with Gasteiger partial charge in [0.25, 0.3) is 11.8 Å². The van der Waals surface area contributed by atoms with Gasteiger partial charge in [0.2, 0.25) is 0 Å². The van der Waals surface area contributed by atoms with Crippen LogP contribution in [0.25, 0.3) is 0 Å². The van der Waals surface area contributed by atoms with Crippen molar-refractivity contribution in [1.82, 2.24) is 4.90 Å². The van der Waals surface area contributed by atoms with Gasteiger partial charge in [0.05, 0.1) is 18.7 Å². The van der Waals surface area contributed by atoms with E-state index in [1.807, 2.05) is 12.1 Å². The Labute approximate surface area is 122 Å². The molecule has 0 saturated carbocycles. The maximum Gasteiger partial charge on any atom is 0.261 e. The van der Waals surface area contributed by atoms with Gasteiger partial charge < -0.3 is 0 Å². The van der Waals surface area contributed by atoms with Crippen LogP contribution in [0.2, 0.25) is 32.2 Å². The molecule has 0 unspecified atom stereocenters. The number of fused-ring (bicyclic) bond motifs is 1. The van der Waals surface area contributed by atoms with Crippen molar-refractivity contribution in [3.05, 3.63) is 35.4 Å². The van der Waals surface area contributed by atoms with Crippen LogP contribution in [0.15, 0.2) is 24.3 Å². The average Bonchev–Trinajstić information content (AvgIpc) is 2.64. The molecule has 0 N–H and O–H groups in total. The third kappa shape index (κ3) is 2.29. The van der Waals surface area contributed by atoms with Crippen molar-refractivity contribution in [1.29, 1.82) is 0 Å². The molecular weight excluding hydrogens is 282 g/mol. The Morgan fingerprint density at radius 1 is 0.900 bits per heavy atom. The zero-order valence-corrected chi connectivity index (χ0v) is 15.0. The van der Waals surface area contributed by atoms with E-state index < -0.39 is 15.2 Å². The second kappa shape index (κ2) is 4.96. The lowest BCUT2D eigenvalue weighted by atomic mass is 10.1. The summed E-state index contributed by atoms with van der Waals surface area (Å²) in [5.74, 6) is -0.209. The minimum atomic E-state index is -1.60. The topological polar surface area (TPSA) is 37.4 Å². The van der Waals surface area contributed by atoms with Crippen LogP contribution in [0.4, 0.5) is 0 Å². The summed E-state index contributed by atoms with van der Waals surface area (Å²) in [5.41, 5.74) is 1.14. The van der Waals surface area contributed by atoms with E-state index in [-0.39, 0.29) is 11.8 Å². The summed E-state index contributed by atoms with van der Waals surface area (Å²) in [6.07, 6.45) is 0.659. The number of carbonyl (C=O) groups is 2. The van der Waals surface area contributed by atoms with Gasteiger partial charge in [-0.15, -0.1) is 0 Å². The summed E-state index contributed by atoms with van der Waals surface area (Å²) in [4.78, 5) is 26.4. The molecule has 1 aromatic carbocycles. The van der Waals surface area contributed by atoms with Gasteiger partial charge in [-0.05, 0) is 12.1 Å². The number of carbonyl (C=O) groups excluding carboxylic acids is 2. The van der Waals surface area contributed by atoms with Crippen LogP contribution in [-0.2, 0) is 0 Å². The molecule has 0 saturated heterocycles. The number of benzene rings is 1. The van der Waals surface area contributed by atoms with Gasteiger partial charge in [-0.25, -0.2) is 0 Å². The summed E-state index contributed by atoms with van der Waals surface area (Å²) >= 11 is 0. The molecule has 2 rings (SSSR count). The smallest absolute Gasteiger partial charge is 0.261 e. The van der Waals surface area contributed by atoms with Crippen molar-refractivity contribution >= 4 is 27.0 Å². The van der Waals surface area contributed by atoms with Crippen LogP contribution in [0.1, 0.15) is 27.6 Å². The summed E-state index contributed by atoms with van der Waals surface area (Å²) in [5, 5.41) is 0. The maximum absolute atomic E-state index is 12.4. The van der Waals surface area contributed by atoms with Gasteiger partial charge in [0, 0.05) is 13.8 Å². The van der Waals surface area contributed by atoms with E-state index in [0.29, 0.717) is 17.3 Å². The van der Waals surface area contributed by atoms with Gasteiger partial charge in [-0.3, -0.25) is 14.5 Å². The fraction of sp³-hybridized carbons (Fsp3) is 0.467. The minimum Gasteiger partial charge on any atom is -0.278 e. The van der Waals surface area contributed by atoms with Gasteiger partial charge in [0.15, 0.2) is 0 Å². The Bertz CT molecular complexity index is 532. The van der Waals surface area contributed by atoms with Crippen molar-refractivity contribution in [2.75, 3.05) is 6.17 Å². The van der Waals surface area contributed by atoms with Gasteiger partial charge >= 0.3 is 0 Å². The molecule has 1 aliphatic heterocycles. The molecule has 1 aromatic rings. The molecular formula is C15H23NO2Si2. The minimum absolute atomic E-state index is 0.105. The molecule has 5 heteroatoms. The third-order valence-corrected chi connectivity index (χ3v) is 24.2. The van der Waals surface area contributed by atoms with Gasteiger partial charge in [0.1, 0.15) is 0 Å². The Morgan fingerprint density at radius 2 is 1.35 bits per heavy atom. The molecule has 20 heavy (non-hydrogen) atoms. The Balaban J connectivity index is 2.30. The first-order valence-electron chi connectivity index (χ1n) is 7.16. The highest BCUT2D eigenvalue weighted by molar-refractivity contribution is 7.40. The van der Waals surface area contributed by atoms with E-state index >= 15 is 0 Å². The highest BCUT2D eigenvalue weighted by Crippen LogP contribution is 2.28. The predicted octanol–water partition coefficient (Wildman–Crippen LogP) is 3.34. The van der Waals surface area contributed by atoms with E-state index in [1.54, 1.807) is 12.1 Å². The maximum atomic E-state index is 12.4. The first-order chi connectivity index (χ1) is 9.21. The number of rotatable bonds is 4. The summed E-state index contributed by atoms with van der Waals surface area (Å²) in [7, 11) is -2.94. The van der Waals surface area contributed by atoms with E-state index in [9.17, 15) is 9.59 Å². The quantitative estimate of drug-likeness (QED) is 0.632.